The lowest BCUT2D eigenvalue weighted by molar-refractivity contribution is 0.672. The van der Waals surface area contributed by atoms with Gasteiger partial charge in [0.25, 0.3) is 0 Å². The maximum absolute atomic E-state index is 13.7. The lowest BCUT2D eigenvalue weighted by Gasteiger charge is -2.11. The number of hydrogen-bond acceptors (Lipinski definition) is 5. The van der Waals surface area contributed by atoms with Gasteiger partial charge in [0, 0.05) is 33.7 Å². The summed E-state index contributed by atoms with van der Waals surface area (Å²) in [5.74, 6) is 0.591. The number of aryl methyl sites for hydroxylation is 2. The first-order valence-electron chi connectivity index (χ1n) is 12.5. The van der Waals surface area contributed by atoms with Crippen LogP contribution in [0.15, 0.2) is 76.3 Å². The molecule has 188 valence electrons. The van der Waals surface area contributed by atoms with Crippen molar-refractivity contribution >= 4 is 15.9 Å². The second-order valence-electron chi connectivity index (χ2n) is 8.91. The van der Waals surface area contributed by atoms with E-state index in [1.807, 2.05) is 65.5 Å². The van der Waals surface area contributed by atoms with E-state index in [4.69, 9.17) is 4.98 Å². The van der Waals surface area contributed by atoms with E-state index < -0.39 is 0 Å². The molecule has 8 nitrogen and oxygen atoms in total. The van der Waals surface area contributed by atoms with Gasteiger partial charge >= 0.3 is 5.69 Å². The minimum Gasteiger partial charge on any atom is -0.292 e. The molecule has 2 aromatic carbocycles. The Bertz CT molecular complexity index is 1550. The fraction of sp³-hybridized carbons (Fsp3) is 0.250. The molecule has 0 amide bonds. The molecule has 0 aliphatic rings. The van der Waals surface area contributed by atoms with E-state index in [1.54, 1.807) is 4.57 Å². The van der Waals surface area contributed by atoms with E-state index in [1.165, 1.54) is 0 Å². The number of aromatic nitrogens is 7. The molecule has 1 N–H and O–H groups in total. The number of hydrogen-bond donors (Lipinski definition) is 1. The van der Waals surface area contributed by atoms with Crippen LogP contribution >= 0.6 is 15.9 Å². The monoisotopic (exact) mass is 557 g/mol. The molecule has 9 heteroatoms. The molecule has 0 spiro atoms. The van der Waals surface area contributed by atoms with E-state index in [0.29, 0.717) is 12.4 Å². The predicted octanol–water partition coefficient (Wildman–Crippen LogP) is 5.60. The van der Waals surface area contributed by atoms with Gasteiger partial charge in [0.15, 0.2) is 5.82 Å². The largest absolute Gasteiger partial charge is 0.333 e. The summed E-state index contributed by atoms with van der Waals surface area (Å²) in [7, 11) is 0. The van der Waals surface area contributed by atoms with Gasteiger partial charge in [-0.25, -0.2) is 9.89 Å². The van der Waals surface area contributed by atoms with E-state index in [-0.39, 0.29) is 5.69 Å². The Morgan fingerprint density at radius 2 is 1.84 bits per heavy atom. The van der Waals surface area contributed by atoms with Crippen molar-refractivity contribution in [3.05, 3.63) is 98.8 Å². The van der Waals surface area contributed by atoms with Gasteiger partial charge in [-0.15, -0.1) is 5.10 Å². The molecule has 0 unspecified atom stereocenters. The van der Waals surface area contributed by atoms with Crippen LogP contribution in [0.2, 0.25) is 0 Å². The Kier molecular flexibility index (Phi) is 7.41. The number of tetrazole rings is 1. The number of benzene rings is 2. The van der Waals surface area contributed by atoms with E-state index in [2.05, 4.69) is 56.5 Å². The number of unbranched alkanes of at least 4 members (excludes halogenated alkanes) is 1. The fourth-order valence-electron chi connectivity index (χ4n) is 4.57. The van der Waals surface area contributed by atoms with Crippen LogP contribution in [0.3, 0.4) is 0 Å². The van der Waals surface area contributed by atoms with Crippen LogP contribution in [-0.4, -0.2) is 34.7 Å². The number of imidazole rings is 1. The van der Waals surface area contributed by atoms with Gasteiger partial charge in [0.1, 0.15) is 0 Å². The standard InChI is InChI=1S/C28H28BrN7O/c1-3-5-10-21-18-36(26-20(4-2)9-8-13-24(26)29)28(37)35(21)17-19-14-15-25(30-16-19)22-11-6-7-12-23(22)27-31-33-34-32-27/h6-9,11-16,18H,3-5,10,17H2,1-2H3,(H,31,32,33,34). The van der Waals surface area contributed by atoms with Gasteiger partial charge in [-0.3, -0.25) is 14.1 Å². The number of para-hydroxylation sites is 1. The molecule has 0 saturated carbocycles. The van der Waals surface area contributed by atoms with Crippen molar-refractivity contribution in [3.63, 3.8) is 0 Å². The first kappa shape index (κ1) is 24.8. The number of pyridine rings is 1. The summed E-state index contributed by atoms with van der Waals surface area (Å²) >= 11 is 3.67. The molecular weight excluding hydrogens is 530 g/mol. The summed E-state index contributed by atoms with van der Waals surface area (Å²) in [6.45, 7) is 4.73. The number of rotatable bonds is 9. The lowest BCUT2D eigenvalue weighted by Crippen LogP contribution is -2.25. The summed E-state index contributed by atoms with van der Waals surface area (Å²) in [6.07, 6.45) is 7.60. The van der Waals surface area contributed by atoms with E-state index >= 15 is 0 Å². The van der Waals surface area contributed by atoms with Crippen LogP contribution in [0.4, 0.5) is 0 Å². The summed E-state index contributed by atoms with van der Waals surface area (Å²) in [5.41, 5.74) is 6.61. The van der Waals surface area contributed by atoms with E-state index in [0.717, 1.165) is 69.5 Å². The van der Waals surface area contributed by atoms with Gasteiger partial charge in [-0.2, -0.15) is 0 Å². The third kappa shape index (κ3) is 5.04. The number of H-pyrrole nitrogens is 1. The van der Waals surface area contributed by atoms with E-state index in [9.17, 15) is 4.79 Å². The van der Waals surface area contributed by atoms with Crippen LogP contribution in [0.5, 0.6) is 0 Å². The Hall–Kier alpha value is -3.85. The molecule has 37 heavy (non-hydrogen) atoms. The zero-order valence-corrected chi connectivity index (χ0v) is 22.4. The second-order valence-corrected chi connectivity index (χ2v) is 9.77. The molecule has 0 fully saturated rings. The van der Waals surface area contributed by atoms with Crippen molar-refractivity contribution in [2.45, 2.75) is 46.1 Å². The highest BCUT2D eigenvalue weighted by Gasteiger charge is 2.17. The maximum Gasteiger partial charge on any atom is 0.333 e. The zero-order valence-electron chi connectivity index (χ0n) is 20.9. The Balaban J connectivity index is 1.50. The number of nitrogens with zero attached hydrogens (tertiary/aromatic N) is 6. The van der Waals surface area contributed by atoms with Crippen LogP contribution < -0.4 is 5.69 Å². The van der Waals surface area contributed by atoms with Crippen LogP contribution in [0.25, 0.3) is 28.3 Å². The molecule has 3 aromatic heterocycles. The number of halogens is 1. The molecule has 0 radical (unpaired) electrons. The van der Waals surface area contributed by atoms with Crippen molar-refractivity contribution in [1.29, 1.82) is 0 Å². The minimum absolute atomic E-state index is 0.0417. The Labute approximate surface area is 223 Å². The van der Waals surface area contributed by atoms with Crippen molar-refractivity contribution in [1.82, 2.24) is 34.7 Å². The highest BCUT2D eigenvalue weighted by Crippen LogP contribution is 2.29. The molecular formula is C28H28BrN7O. The highest BCUT2D eigenvalue weighted by molar-refractivity contribution is 9.10. The van der Waals surface area contributed by atoms with Crippen molar-refractivity contribution < 1.29 is 0 Å². The maximum atomic E-state index is 13.7. The van der Waals surface area contributed by atoms with Crippen LogP contribution in [0, 0.1) is 0 Å². The third-order valence-corrected chi connectivity index (χ3v) is 7.15. The summed E-state index contributed by atoms with van der Waals surface area (Å²) in [5, 5.41) is 14.3. The lowest BCUT2D eigenvalue weighted by atomic mass is 10.0. The second kappa shape index (κ2) is 11.0. The summed E-state index contributed by atoms with van der Waals surface area (Å²) in [6, 6.07) is 17.9. The van der Waals surface area contributed by atoms with Gasteiger partial charge in [0.2, 0.25) is 0 Å². The normalized spacial score (nSPS) is 11.2. The van der Waals surface area contributed by atoms with Crippen LogP contribution in [-0.2, 0) is 19.4 Å². The first-order valence-corrected chi connectivity index (χ1v) is 13.3. The third-order valence-electron chi connectivity index (χ3n) is 6.51. The SMILES string of the molecule is CCCCc1cn(-c2c(Br)cccc2CC)c(=O)n1Cc1ccc(-c2ccccc2-c2nnn[nH]2)nc1. The molecule has 5 rings (SSSR count). The predicted molar refractivity (Wildman–Crippen MR) is 148 cm³/mol. The number of nitrogens with one attached hydrogen (secondary N) is 1. The molecule has 3 heterocycles. The van der Waals surface area contributed by atoms with Gasteiger partial charge in [-0.1, -0.05) is 62.7 Å². The van der Waals surface area contributed by atoms with Crippen molar-refractivity contribution in [2.24, 2.45) is 0 Å². The Morgan fingerprint density at radius 3 is 2.54 bits per heavy atom. The van der Waals surface area contributed by atoms with Crippen molar-refractivity contribution in [3.8, 4) is 28.3 Å². The molecule has 0 atom stereocenters. The minimum atomic E-state index is -0.0417. The molecule has 0 aliphatic carbocycles. The van der Waals surface area contributed by atoms with Crippen LogP contribution in [0.1, 0.15) is 43.5 Å². The highest BCUT2D eigenvalue weighted by atomic mass is 79.9. The Morgan fingerprint density at radius 1 is 1.00 bits per heavy atom. The molecule has 5 aromatic rings. The van der Waals surface area contributed by atoms with Gasteiger partial charge < -0.3 is 0 Å². The van der Waals surface area contributed by atoms with Crippen molar-refractivity contribution in [2.75, 3.05) is 0 Å². The number of aromatic amines is 1. The quantitative estimate of drug-likeness (QED) is 0.254. The average Bonchev–Trinajstić information content (AvgIpc) is 3.57. The first-order chi connectivity index (χ1) is 18.1. The van der Waals surface area contributed by atoms with Gasteiger partial charge in [0.05, 0.1) is 17.9 Å². The average molecular weight is 558 g/mol. The van der Waals surface area contributed by atoms with Gasteiger partial charge in [-0.05, 0) is 68.9 Å². The molecule has 0 aliphatic heterocycles. The fourth-order valence-corrected chi connectivity index (χ4v) is 5.17. The summed E-state index contributed by atoms with van der Waals surface area (Å²) < 4.78 is 4.58. The molecule has 0 bridgehead atoms. The smallest absolute Gasteiger partial charge is 0.292 e. The zero-order chi connectivity index (χ0) is 25.8. The summed E-state index contributed by atoms with van der Waals surface area (Å²) in [4.78, 5) is 18.4. The molecule has 0 saturated heterocycles. The topological polar surface area (TPSA) is 94.3 Å².